The van der Waals surface area contributed by atoms with Gasteiger partial charge in [0.1, 0.15) is 0 Å². The second kappa shape index (κ2) is 4.70. The Hall–Kier alpha value is -1.69. The maximum atomic E-state index is 10.3. The van der Waals surface area contributed by atoms with Crippen LogP contribution in [-0.2, 0) is 0 Å². The number of pyridine rings is 1. The van der Waals surface area contributed by atoms with Gasteiger partial charge in [0.15, 0.2) is 6.20 Å². The number of likely N-dealkylation sites (N-methyl/N-ethyl adjacent to an activating group) is 1. The number of aromatic nitrogens is 1. The molecule has 0 amide bonds. The largest absolute Gasteiger partial charge is 0.392 e. The maximum Gasteiger partial charge on any atom is 0.363 e. The molecule has 1 atom stereocenters. The summed E-state index contributed by atoms with van der Waals surface area (Å²) in [4.78, 5) is 15.3. The number of anilines is 1. The Morgan fingerprint density at radius 3 is 2.73 bits per heavy atom. The molecule has 1 heterocycles. The molecular weight excluding hydrogens is 198 g/mol. The topological polar surface area (TPSA) is 79.5 Å². The normalized spacial score (nSPS) is 12.2. The van der Waals surface area contributed by atoms with Gasteiger partial charge in [0, 0.05) is 19.7 Å². The van der Waals surface area contributed by atoms with Gasteiger partial charge in [0.25, 0.3) is 0 Å². The zero-order chi connectivity index (χ0) is 11.4. The summed E-state index contributed by atoms with van der Waals surface area (Å²) in [6, 6.07) is 2.95. The molecule has 0 bridgehead atoms. The Kier molecular flexibility index (Phi) is 3.56. The molecule has 1 unspecified atom stereocenters. The molecule has 0 aliphatic rings. The van der Waals surface area contributed by atoms with Crippen LogP contribution in [-0.4, -0.2) is 34.7 Å². The minimum atomic E-state index is -0.543. The van der Waals surface area contributed by atoms with Gasteiger partial charge >= 0.3 is 5.82 Å². The Bertz CT molecular complexity index is 337. The SMILES string of the molecule is CC(O)CN(C)c1ccc([N+](=O)[O-])nc1. The van der Waals surface area contributed by atoms with Crippen molar-refractivity contribution in [2.75, 3.05) is 18.5 Å². The highest BCUT2D eigenvalue weighted by molar-refractivity contribution is 5.45. The van der Waals surface area contributed by atoms with Crippen LogP contribution in [0.4, 0.5) is 11.5 Å². The van der Waals surface area contributed by atoms with Gasteiger partial charge in [-0.2, -0.15) is 0 Å². The van der Waals surface area contributed by atoms with Gasteiger partial charge in [0.05, 0.1) is 11.8 Å². The zero-order valence-electron chi connectivity index (χ0n) is 8.62. The fourth-order valence-corrected chi connectivity index (χ4v) is 1.21. The first-order valence-electron chi connectivity index (χ1n) is 4.50. The van der Waals surface area contributed by atoms with E-state index in [4.69, 9.17) is 5.11 Å². The third-order valence-corrected chi connectivity index (χ3v) is 1.90. The molecule has 1 aromatic rings. The lowest BCUT2D eigenvalue weighted by molar-refractivity contribution is -0.389. The first kappa shape index (κ1) is 11.4. The van der Waals surface area contributed by atoms with E-state index in [9.17, 15) is 10.1 Å². The highest BCUT2D eigenvalue weighted by Gasteiger charge is 2.10. The van der Waals surface area contributed by atoms with Crippen LogP contribution in [0.1, 0.15) is 6.92 Å². The minimum absolute atomic E-state index is 0.177. The van der Waals surface area contributed by atoms with E-state index < -0.39 is 11.0 Å². The summed E-state index contributed by atoms with van der Waals surface area (Å²) in [7, 11) is 1.79. The number of nitro groups is 1. The van der Waals surface area contributed by atoms with Gasteiger partial charge in [-0.15, -0.1) is 0 Å². The Labute approximate surface area is 87.3 Å². The average Bonchev–Trinajstić information content (AvgIpc) is 2.17. The van der Waals surface area contributed by atoms with Crippen molar-refractivity contribution < 1.29 is 10.0 Å². The van der Waals surface area contributed by atoms with Crippen molar-refractivity contribution >= 4 is 11.5 Å². The summed E-state index contributed by atoms with van der Waals surface area (Å²) >= 11 is 0. The van der Waals surface area contributed by atoms with Gasteiger partial charge in [-0.05, 0) is 22.9 Å². The van der Waals surface area contributed by atoms with Gasteiger partial charge in [0.2, 0.25) is 0 Å². The fraction of sp³-hybridized carbons (Fsp3) is 0.444. The van der Waals surface area contributed by atoms with Crippen LogP contribution in [0.3, 0.4) is 0 Å². The van der Waals surface area contributed by atoms with Crippen molar-refractivity contribution in [1.82, 2.24) is 4.98 Å². The summed E-state index contributed by atoms with van der Waals surface area (Å²) in [6.45, 7) is 2.13. The Balaban J connectivity index is 2.75. The molecule has 1 rings (SSSR count). The van der Waals surface area contributed by atoms with Crippen molar-refractivity contribution in [2.24, 2.45) is 0 Å². The van der Waals surface area contributed by atoms with Crippen molar-refractivity contribution in [3.63, 3.8) is 0 Å². The van der Waals surface area contributed by atoms with Gasteiger partial charge in [-0.1, -0.05) is 0 Å². The summed E-state index contributed by atoms with van der Waals surface area (Å²) in [6.07, 6.45) is 0.964. The molecule has 0 aromatic carbocycles. The van der Waals surface area contributed by atoms with Crippen LogP contribution in [0.25, 0.3) is 0 Å². The quantitative estimate of drug-likeness (QED) is 0.588. The molecule has 1 aromatic heterocycles. The summed E-state index contributed by atoms with van der Waals surface area (Å²) in [5.41, 5.74) is 0.738. The lowest BCUT2D eigenvalue weighted by Gasteiger charge is -2.19. The van der Waals surface area contributed by atoms with E-state index in [1.165, 1.54) is 12.3 Å². The summed E-state index contributed by atoms with van der Waals surface area (Å²) in [5, 5.41) is 19.5. The summed E-state index contributed by atoms with van der Waals surface area (Å²) < 4.78 is 0. The molecule has 6 nitrogen and oxygen atoms in total. The monoisotopic (exact) mass is 211 g/mol. The van der Waals surface area contributed by atoms with E-state index in [1.807, 2.05) is 0 Å². The first-order valence-corrected chi connectivity index (χ1v) is 4.50. The number of hydrogen-bond donors (Lipinski definition) is 1. The highest BCUT2D eigenvalue weighted by Crippen LogP contribution is 2.14. The van der Waals surface area contributed by atoms with Gasteiger partial charge in [-0.25, -0.2) is 0 Å². The van der Waals surface area contributed by atoms with Crippen molar-refractivity contribution in [1.29, 1.82) is 0 Å². The molecule has 82 valence electrons. The third kappa shape index (κ3) is 3.17. The zero-order valence-corrected chi connectivity index (χ0v) is 8.62. The summed E-state index contributed by atoms with van der Waals surface area (Å²) in [5.74, 6) is -0.177. The van der Waals surface area contributed by atoms with Crippen LogP contribution in [0.15, 0.2) is 18.3 Å². The molecule has 0 radical (unpaired) electrons. The Morgan fingerprint density at radius 2 is 2.33 bits per heavy atom. The number of rotatable bonds is 4. The smallest absolute Gasteiger partial charge is 0.363 e. The van der Waals surface area contributed by atoms with E-state index in [-0.39, 0.29) is 5.82 Å². The van der Waals surface area contributed by atoms with E-state index in [0.717, 1.165) is 5.69 Å². The molecule has 0 saturated carbocycles. The van der Waals surface area contributed by atoms with E-state index in [0.29, 0.717) is 6.54 Å². The molecule has 1 N–H and O–H groups in total. The van der Waals surface area contributed by atoms with Crippen LogP contribution in [0, 0.1) is 10.1 Å². The molecule has 15 heavy (non-hydrogen) atoms. The lowest BCUT2D eigenvalue weighted by atomic mass is 10.3. The Morgan fingerprint density at radius 1 is 1.67 bits per heavy atom. The van der Waals surface area contributed by atoms with E-state index >= 15 is 0 Å². The van der Waals surface area contributed by atoms with E-state index in [2.05, 4.69) is 4.98 Å². The lowest BCUT2D eigenvalue weighted by Crippen LogP contribution is -2.26. The number of aliphatic hydroxyl groups is 1. The van der Waals surface area contributed by atoms with Crippen molar-refractivity contribution in [3.8, 4) is 0 Å². The molecule has 0 saturated heterocycles. The number of nitrogens with zero attached hydrogens (tertiary/aromatic N) is 3. The first-order chi connectivity index (χ1) is 7.00. The number of hydrogen-bond acceptors (Lipinski definition) is 5. The van der Waals surface area contributed by atoms with Gasteiger partial charge in [-0.3, -0.25) is 0 Å². The molecule has 0 spiro atoms. The van der Waals surface area contributed by atoms with Crippen molar-refractivity contribution in [3.05, 3.63) is 28.4 Å². The third-order valence-electron chi connectivity index (χ3n) is 1.90. The van der Waals surface area contributed by atoms with Crippen LogP contribution >= 0.6 is 0 Å². The predicted octanol–water partition coefficient (Wildman–Crippen LogP) is 0.807. The standard InChI is InChI=1S/C9H13N3O3/c1-7(13)6-11(2)8-3-4-9(10-5-8)12(14)15/h3-5,7,13H,6H2,1-2H3. The fourth-order valence-electron chi connectivity index (χ4n) is 1.21. The van der Waals surface area contributed by atoms with Crippen LogP contribution < -0.4 is 4.90 Å². The van der Waals surface area contributed by atoms with Crippen molar-refractivity contribution in [2.45, 2.75) is 13.0 Å². The molecule has 0 aliphatic heterocycles. The molecular formula is C9H13N3O3. The molecule has 0 aliphatic carbocycles. The van der Waals surface area contributed by atoms with Crippen LogP contribution in [0.2, 0.25) is 0 Å². The highest BCUT2D eigenvalue weighted by atomic mass is 16.6. The second-order valence-electron chi connectivity index (χ2n) is 3.36. The maximum absolute atomic E-state index is 10.3. The van der Waals surface area contributed by atoms with E-state index in [1.54, 1.807) is 24.9 Å². The average molecular weight is 211 g/mol. The molecule has 6 heteroatoms. The second-order valence-corrected chi connectivity index (χ2v) is 3.36. The van der Waals surface area contributed by atoms with Gasteiger partial charge < -0.3 is 20.1 Å². The predicted molar refractivity (Wildman–Crippen MR) is 55.8 cm³/mol. The van der Waals surface area contributed by atoms with Crippen LogP contribution in [0.5, 0.6) is 0 Å². The minimum Gasteiger partial charge on any atom is -0.392 e. The molecule has 0 fully saturated rings. The number of aliphatic hydroxyl groups excluding tert-OH is 1.